The van der Waals surface area contributed by atoms with Crippen molar-refractivity contribution in [2.75, 3.05) is 24.7 Å². The van der Waals surface area contributed by atoms with Gasteiger partial charge in [-0.15, -0.1) is 91.5 Å². The number of unbranched alkanes of at least 4 members (excludes halogenated alkanes) is 44. The van der Waals surface area contributed by atoms with Crippen LogP contribution in [-0.4, -0.2) is 43.1 Å². The fourth-order valence-electron chi connectivity index (χ4n) is 15.2. The van der Waals surface area contributed by atoms with Gasteiger partial charge in [0.1, 0.15) is 5.75 Å². The van der Waals surface area contributed by atoms with Crippen molar-refractivity contribution in [1.29, 1.82) is 0 Å². The van der Waals surface area contributed by atoms with Gasteiger partial charge in [0.2, 0.25) is 0 Å². The molecule has 0 amide bonds. The van der Waals surface area contributed by atoms with Gasteiger partial charge in [-0.05, 0) is 144 Å². The monoisotopic (exact) mass is 1940 g/mol. The molecule has 0 spiro atoms. The maximum absolute atomic E-state index is 6.63. The molecule has 636 valence electrons. The number of halogens is 2. The molecule has 0 atom stereocenters. The largest absolute Gasteiger partial charge is 0.492 e. The minimum Gasteiger partial charge on any atom is -0.492 e. The summed E-state index contributed by atoms with van der Waals surface area (Å²) in [5.74, 6) is 4.70. The van der Waals surface area contributed by atoms with E-state index in [4.69, 9.17) is 9.47 Å². The Morgan fingerprint density at radius 1 is 0.319 bits per heavy atom. The normalized spacial score (nSPS) is 12.4. The summed E-state index contributed by atoms with van der Waals surface area (Å²) >= 11 is 23.0. The van der Waals surface area contributed by atoms with Crippen molar-refractivity contribution >= 4 is 162 Å². The maximum atomic E-state index is 6.63. The average molecular weight is 1950 g/mol. The molecule has 1 aliphatic carbocycles. The molecule has 0 bridgehead atoms. The Bertz CT molecular complexity index is 3680. The summed E-state index contributed by atoms with van der Waals surface area (Å²) in [6.45, 7) is 26.7. The van der Waals surface area contributed by atoms with Gasteiger partial charge in [0, 0.05) is 45.1 Å². The number of hydrogen-bond acceptors (Lipinski definition) is 11. The molecule has 0 radical (unpaired) electrons. The third-order valence-electron chi connectivity index (χ3n) is 22.0. The molecule has 1 aliphatic rings. The van der Waals surface area contributed by atoms with Crippen LogP contribution in [0.2, 0.25) is 14.8 Å². The van der Waals surface area contributed by atoms with Gasteiger partial charge in [-0.3, -0.25) is 0 Å². The number of hydrogen-bond donors (Lipinski definition) is 0. The quantitative estimate of drug-likeness (QED) is 0.0215. The fraction of sp³-hybridized carbons (Fsp3) is 0.677. The Labute approximate surface area is 752 Å². The van der Waals surface area contributed by atoms with E-state index in [1.807, 2.05) is 79.8 Å². The van der Waals surface area contributed by atoms with Crippen LogP contribution in [-0.2, 0) is 4.74 Å². The van der Waals surface area contributed by atoms with Crippen molar-refractivity contribution in [3.63, 3.8) is 0 Å². The molecule has 14 heteroatoms. The molecule has 7 aromatic heterocycles. The summed E-state index contributed by atoms with van der Waals surface area (Å²) in [5.41, 5.74) is 8.48. The molecular weight excluding hydrogens is 1790 g/mol. The van der Waals surface area contributed by atoms with Crippen molar-refractivity contribution in [2.45, 2.75) is 415 Å². The van der Waals surface area contributed by atoms with E-state index < -0.39 is 18.4 Å². The Hall–Kier alpha value is -0.561. The van der Waals surface area contributed by atoms with Crippen LogP contribution < -0.4 is 7.63 Å². The SMILES string of the molecule is CCCCCCCCCCCCCCOC1=C(c2s[c]([Sn]([CH3])([CH3])[CH3])cc2C)CC(C)=C1.CCCCCCCCCCCCCCOc1cc(-c2cc(C)c(-c3sc(C)cc3SCCCCCCCCCCCCCC)s2)sc1-c1sc(C)cc1C.CCCCCCCCCCCCCCSc1cc(Br)sc1-c1sc(Br)cc1C. The molecule has 0 fully saturated rings. The van der Waals surface area contributed by atoms with Gasteiger partial charge in [-0.1, -0.05) is 285 Å². The second kappa shape index (κ2) is 60.9. The molecule has 0 saturated carbocycles. The van der Waals surface area contributed by atoms with Crippen LogP contribution in [0.15, 0.2) is 77.2 Å². The first-order chi connectivity index (χ1) is 54.8. The zero-order valence-corrected chi connectivity index (χ0v) is 87.2. The van der Waals surface area contributed by atoms with Gasteiger partial charge in [0.25, 0.3) is 0 Å². The Balaban J connectivity index is 0.000000286. The summed E-state index contributed by atoms with van der Waals surface area (Å²) in [6, 6.07) is 16.6. The van der Waals surface area contributed by atoms with Crippen LogP contribution in [0.5, 0.6) is 5.75 Å². The van der Waals surface area contributed by atoms with E-state index in [-0.39, 0.29) is 0 Å². The third kappa shape index (κ3) is 40.5. The van der Waals surface area contributed by atoms with E-state index in [9.17, 15) is 0 Å². The van der Waals surface area contributed by atoms with E-state index in [0.29, 0.717) is 0 Å². The van der Waals surface area contributed by atoms with E-state index in [2.05, 4.69) is 194 Å². The van der Waals surface area contributed by atoms with Gasteiger partial charge >= 0.3 is 151 Å². The number of thioether (sulfide) groups is 2. The molecule has 7 heterocycles. The van der Waals surface area contributed by atoms with E-state index in [0.717, 1.165) is 37.6 Å². The maximum Gasteiger partial charge on any atom is 0.139 e. The summed E-state index contributed by atoms with van der Waals surface area (Å²) in [7, 11) is 0. The average Bonchev–Trinajstić information content (AvgIpc) is 1.64. The zero-order valence-electron chi connectivity index (χ0n) is 73.8. The Morgan fingerprint density at radius 2 is 0.655 bits per heavy atom. The molecule has 0 N–H and O–H groups in total. The van der Waals surface area contributed by atoms with Crippen LogP contribution in [0.1, 0.15) is 386 Å². The van der Waals surface area contributed by atoms with Crippen molar-refractivity contribution in [3.8, 4) is 44.8 Å². The molecule has 0 saturated heterocycles. The Kier molecular flexibility index (Phi) is 54.5. The molecular formula is C99H156Br2O2S9Sn. The molecule has 113 heavy (non-hydrogen) atoms. The zero-order chi connectivity index (χ0) is 81.3. The fourth-order valence-corrected chi connectivity index (χ4v) is 33.0. The van der Waals surface area contributed by atoms with Gasteiger partial charge in [-0.25, -0.2) is 0 Å². The molecule has 0 aromatic carbocycles. The summed E-state index contributed by atoms with van der Waals surface area (Å²) in [6.07, 6.45) is 70.4. The molecule has 7 aromatic rings. The van der Waals surface area contributed by atoms with Gasteiger partial charge in [0.15, 0.2) is 0 Å². The van der Waals surface area contributed by atoms with Crippen LogP contribution >= 0.6 is 135 Å². The minimum absolute atomic E-state index is 0.812. The molecule has 2 nitrogen and oxygen atoms in total. The van der Waals surface area contributed by atoms with E-state index >= 15 is 0 Å². The third-order valence-corrected chi connectivity index (χ3v) is 43.8. The van der Waals surface area contributed by atoms with Crippen molar-refractivity contribution in [3.05, 3.63) is 104 Å². The number of allylic oxidation sites excluding steroid dienone is 3. The van der Waals surface area contributed by atoms with Crippen LogP contribution in [0, 0.1) is 41.5 Å². The van der Waals surface area contributed by atoms with Crippen molar-refractivity contribution in [1.82, 2.24) is 0 Å². The van der Waals surface area contributed by atoms with Crippen LogP contribution in [0.4, 0.5) is 0 Å². The van der Waals surface area contributed by atoms with E-state index in [1.165, 1.54) is 418 Å². The molecule has 0 unspecified atom stereocenters. The first-order valence-electron chi connectivity index (χ1n) is 45.9. The van der Waals surface area contributed by atoms with E-state index in [1.54, 1.807) is 2.89 Å². The second-order valence-electron chi connectivity index (χ2n) is 34.0. The number of thiophene rings is 7. The number of aryl methyl sites for hydroxylation is 6. The van der Waals surface area contributed by atoms with Crippen molar-refractivity contribution in [2.24, 2.45) is 0 Å². The standard InChI is InChI=1S/C48H74OS5.C25H39OS.C23H34Br2S3.3CH3.Sn/c1-7-9-11-13-15-17-19-21-23-25-27-29-31-49-41-36-43(54-47(41)45-37(3)33-39(5)51-45)42-34-38(4)46(53-42)48-44(35-40(6)52-48)50-32-30-28-26-24-22-20-18-16-14-12-10-8-2;1-4-5-6-7-8-9-10-11-12-13-14-15-17-26-24-20-21(2)19-23(24)25-22(3)16-18-27-25;1-3-4-5-6-7-8-9-10-11-12-13-14-15-26-19-17-21(25)28-23(19)22-18(2)16-20(24)27-22;;;;/h33-36H,7-32H2,1-6H3;16,20H,4-15,17,19H2,1-3H3;16-17H,3-15H2,1-2H3;3*1H3;. The first kappa shape index (κ1) is 101. The van der Waals surface area contributed by atoms with Crippen LogP contribution in [0.25, 0.3) is 44.6 Å². The van der Waals surface area contributed by atoms with Crippen molar-refractivity contribution < 1.29 is 9.47 Å². The van der Waals surface area contributed by atoms with Crippen LogP contribution in [0.3, 0.4) is 0 Å². The first-order valence-corrected chi connectivity index (χ1v) is 65.1. The molecule has 8 rings (SSSR count). The second-order valence-corrected chi connectivity index (χ2v) is 62.2. The number of rotatable bonds is 62. The predicted octanol–water partition coefficient (Wildman–Crippen LogP) is 39.5. The molecule has 0 aliphatic heterocycles. The summed E-state index contributed by atoms with van der Waals surface area (Å²) in [5, 5.41) is 0. The van der Waals surface area contributed by atoms with Gasteiger partial charge in [0.05, 0.1) is 33.7 Å². The summed E-state index contributed by atoms with van der Waals surface area (Å²) < 4.78 is 17.1. The Morgan fingerprint density at radius 3 is 1.08 bits per heavy atom. The predicted molar refractivity (Wildman–Crippen MR) is 536 cm³/mol. The minimum atomic E-state index is -2.01. The summed E-state index contributed by atoms with van der Waals surface area (Å²) in [4.78, 5) is 26.0. The smallest absolute Gasteiger partial charge is 0.139 e. The topological polar surface area (TPSA) is 18.5 Å². The van der Waals surface area contributed by atoms with Gasteiger partial charge < -0.3 is 4.74 Å². The van der Waals surface area contributed by atoms with Gasteiger partial charge in [-0.2, -0.15) is 0 Å². The number of ether oxygens (including phenoxy) is 2.